The number of carbonyl (C=O) groups is 2. The van der Waals surface area contributed by atoms with E-state index in [1.165, 1.54) is 0 Å². The highest BCUT2D eigenvalue weighted by molar-refractivity contribution is 9.08. The number of esters is 1. The second-order valence-electron chi connectivity index (χ2n) is 9.82. The van der Waals surface area contributed by atoms with E-state index in [0.717, 1.165) is 35.1 Å². The summed E-state index contributed by atoms with van der Waals surface area (Å²) in [7, 11) is 0. The molecule has 0 unspecified atom stereocenters. The van der Waals surface area contributed by atoms with Crippen molar-refractivity contribution >= 4 is 33.7 Å². The number of halogens is 1. The van der Waals surface area contributed by atoms with Crippen LogP contribution in [-0.2, 0) is 25.0 Å². The Hall–Kier alpha value is -3.91. The number of anilines is 1. The molecule has 1 saturated carbocycles. The number of benzene rings is 3. The monoisotopic (exact) mass is 604 g/mol. The van der Waals surface area contributed by atoms with Crippen LogP contribution in [0.5, 0.6) is 0 Å². The Labute approximate surface area is 244 Å². The maximum absolute atomic E-state index is 12.8. The molecule has 1 amide bonds. The van der Waals surface area contributed by atoms with E-state index in [1.54, 1.807) is 38.1 Å². The molecule has 1 fully saturated rings. The van der Waals surface area contributed by atoms with Crippen molar-refractivity contribution in [2.75, 3.05) is 11.9 Å². The van der Waals surface area contributed by atoms with Gasteiger partial charge in [-0.25, -0.2) is 4.79 Å². The van der Waals surface area contributed by atoms with Gasteiger partial charge in [0, 0.05) is 13.6 Å². The number of aryl methyl sites for hydroxylation is 1. The van der Waals surface area contributed by atoms with Crippen LogP contribution in [0.2, 0.25) is 0 Å². The van der Waals surface area contributed by atoms with Gasteiger partial charge in [-0.2, -0.15) is 0 Å². The van der Waals surface area contributed by atoms with Crippen LogP contribution in [0.3, 0.4) is 0 Å². The molecular weight excluding hydrogens is 572 g/mol. The zero-order valence-corrected chi connectivity index (χ0v) is 24.1. The van der Waals surface area contributed by atoms with Crippen LogP contribution in [0.4, 0.5) is 10.5 Å². The number of hydrogen-bond donors (Lipinski definition) is 1. The predicted octanol–water partition coefficient (Wildman–Crippen LogP) is 8.12. The SMILES string of the molecule is [2H]C([2H])(Br)c1cccc([C@@H](C)OC(=O)Nc2c(C)noc2-c2ccc(-c3ccc(C4(C(=O)OCC)CC4)cc3)cc2)c1. The molecule has 1 N–H and O–H groups in total. The summed E-state index contributed by atoms with van der Waals surface area (Å²) in [6.07, 6.45) is 0.307. The molecule has 206 valence electrons. The average molecular weight is 606 g/mol. The van der Waals surface area contributed by atoms with Crippen LogP contribution in [0.1, 0.15) is 57.9 Å². The Morgan fingerprint density at radius 1 is 1.07 bits per heavy atom. The van der Waals surface area contributed by atoms with Crippen molar-refractivity contribution in [3.63, 3.8) is 0 Å². The second kappa shape index (κ2) is 11.7. The number of aromatic nitrogens is 1. The van der Waals surface area contributed by atoms with Gasteiger partial charge in [0.15, 0.2) is 5.76 Å². The lowest BCUT2D eigenvalue weighted by Gasteiger charge is -2.15. The molecule has 0 saturated heterocycles. The third-order valence-corrected chi connectivity index (χ3v) is 7.63. The van der Waals surface area contributed by atoms with Crippen LogP contribution < -0.4 is 5.32 Å². The maximum atomic E-state index is 12.8. The number of ether oxygens (including phenoxy) is 2. The van der Waals surface area contributed by atoms with Crippen LogP contribution in [0.15, 0.2) is 77.3 Å². The highest BCUT2D eigenvalue weighted by Crippen LogP contribution is 2.49. The molecule has 1 aromatic heterocycles. The molecule has 7 nitrogen and oxygen atoms in total. The van der Waals surface area contributed by atoms with Crippen LogP contribution in [-0.4, -0.2) is 23.8 Å². The molecule has 0 radical (unpaired) electrons. The van der Waals surface area contributed by atoms with E-state index >= 15 is 0 Å². The third kappa shape index (κ3) is 5.68. The number of amides is 1. The molecule has 3 aromatic carbocycles. The van der Waals surface area contributed by atoms with E-state index < -0.39 is 22.9 Å². The Balaban J connectivity index is 1.27. The van der Waals surface area contributed by atoms with Crippen molar-refractivity contribution in [1.82, 2.24) is 5.16 Å². The van der Waals surface area contributed by atoms with Gasteiger partial charge in [0.25, 0.3) is 0 Å². The molecule has 1 aliphatic rings. The number of hydrogen-bond acceptors (Lipinski definition) is 6. The summed E-state index contributed by atoms with van der Waals surface area (Å²) < 4.78 is 32.2. The summed E-state index contributed by atoms with van der Waals surface area (Å²) in [5, 5.41) is 5.10. The van der Waals surface area contributed by atoms with Crippen molar-refractivity contribution in [3.8, 4) is 22.5 Å². The lowest BCUT2D eigenvalue weighted by molar-refractivity contribution is -0.146. The van der Waals surface area contributed by atoms with E-state index in [2.05, 4.69) is 26.4 Å². The number of alkyl halides is 1. The van der Waals surface area contributed by atoms with Crippen molar-refractivity contribution < 1.29 is 26.3 Å². The Morgan fingerprint density at radius 3 is 2.35 bits per heavy atom. The lowest BCUT2D eigenvalue weighted by atomic mass is 9.93. The molecule has 0 bridgehead atoms. The largest absolute Gasteiger partial charge is 0.465 e. The molecule has 5 rings (SSSR count). The summed E-state index contributed by atoms with van der Waals surface area (Å²) in [6, 6.07) is 22.5. The van der Waals surface area contributed by atoms with Crippen LogP contribution in [0, 0.1) is 6.92 Å². The molecule has 0 aliphatic heterocycles. The van der Waals surface area contributed by atoms with E-state index in [0.29, 0.717) is 34.9 Å². The highest BCUT2D eigenvalue weighted by Gasteiger charge is 2.52. The lowest BCUT2D eigenvalue weighted by Crippen LogP contribution is -2.23. The first-order valence-corrected chi connectivity index (χ1v) is 13.9. The van der Waals surface area contributed by atoms with Crippen molar-refractivity contribution in [1.29, 1.82) is 0 Å². The first-order valence-electron chi connectivity index (χ1n) is 14.1. The van der Waals surface area contributed by atoms with Gasteiger partial charge in [-0.15, -0.1) is 0 Å². The van der Waals surface area contributed by atoms with Crippen molar-refractivity contribution in [2.45, 2.75) is 50.4 Å². The van der Waals surface area contributed by atoms with Gasteiger partial charge < -0.3 is 14.0 Å². The zero-order chi connectivity index (χ0) is 30.1. The summed E-state index contributed by atoms with van der Waals surface area (Å²) in [5.41, 5.74) is 5.19. The predicted molar refractivity (Wildman–Crippen MR) is 157 cm³/mol. The fourth-order valence-electron chi connectivity index (χ4n) is 4.73. The van der Waals surface area contributed by atoms with Crippen LogP contribution >= 0.6 is 15.9 Å². The molecule has 8 heteroatoms. The fraction of sp³-hybridized carbons (Fsp3) is 0.281. The van der Waals surface area contributed by atoms with Gasteiger partial charge in [0.1, 0.15) is 17.5 Å². The Morgan fingerprint density at radius 2 is 1.73 bits per heavy atom. The van der Waals surface area contributed by atoms with Crippen LogP contribution in [0.25, 0.3) is 22.5 Å². The van der Waals surface area contributed by atoms with Gasteiger partial charge in [0.2, 0.25) is 0 Å². The molecule has 1 aliphatic carbocycles. The molecular formula is C32H31BrN2O5. The molecule has 4 aromatic rings. The summed E-state index contributed by atoms with van der Waals surface area (Å²) >= 11 is 3.02. The molecule has 40 heavy (non-hydrogen) atoms. The second-order valence-corrected chi connectivity index (χ2v) is 10.2. The van der Waals surface area contributed by atoms with Gasteiger partial charge in [-0.3, -0.25) is 10.1 Å². The van der Waals surface area contributed by atoms with Crippen molar-refractivity contribution in [3.05, 3.63) is 95.2 Å². The van der Waals surface area contributed by atoms with Gasteiger partial charge in [-0.1, -0.05) is 93.9 Å². The first-order chi connectivity index (χ1) is 20.0. The minimum atomic E-state index is -1.69. The standard InChI is InChI=1S/C32H31BrN2O5/c1-4-38-30(36)32(16-17-32)27-14-12-24(13-15-27)23-8-10-25(11-9-23)29-28(20(2)35-40-29)34-31(37)39-21(3)26-7-5-6-22(18-26)19-33/h5-15,18,21H,4,16-17,19H2,1-3H3,(H,34,37)/t21-/m1/s1/i19D2. The molecule has 1 atom stereocenters. The number of nitrogens with zero attached hydrogens (tertiary/aromatic N) is 1. The first kappa shape index (κ1) is 25.1. The molecule has 1 heterocycles. The van der Waals surface area contributed by atoms with E-state index in [4.69, 9.17) is 16.7 Å². The Kier molecular flexibility index (Phi) is 7.32. The van der Waals surface area contributed by atoms with E-state index in [-0.39, 0.29) is 5.97 Å². The molecule has 0 spiro atoms. The van der Waals surface area contributed by atoms with E-state index in [9.17, 15) is 9.59 Å². The Bertz CT molecular complexity index is 1590. The number of nitrogens with one attached hydrogen (secondary N) is 1. The third-order valence-electron chi connectivity index (χ3n) is 7.17. The number of carbonyl (C=O) groups excluding carboxylic acids is 2. The summed E-state index contributed by atoms with van der Waals surface area (Å²) in [5.74, 6) is 0.249. The minimum Gasteiger partial charge on any atom is -0.465 e. The average Bonchev–Trinajstić information content (AvgIpc) is 3.72. The normalized spacial score (nSPS) is 15.4. The van der Waals surface area contributed by atoms with Gasteiger partial charge in [-0.05, 0) is 61.4 Å². The minimum absolute atomic E-state index is 0.152. The van der Waals surface area contributed by atoms with Crippen molar-refractivity contribution in [2.24, 2.45) is 0 Å². The maximum Gasteiger partial charge on any atom is 0.412 e. The van der Waals surface area contributed by atoms with E-state index in [1.807, 2.05) is 55.5 Å². The quantitative estimate of drug-likeness (QED) is 0.153. The fourth-order valence-corrected chi connectivity index (χ4v) is 4.97. The number of rotatable bonds is 9. The topological polar surface area (TPSA) is 90.7 Å². The zero-order valence-electron chi connectivity index (χ0n) is 24.5. The highest BCUT2D eigenvalue weighted by atomic mass is 79.9. The van der Waals surface area contributed by atoms with Gasteiger partial charge >= 0.3 is 12.1 Å². The summed E-state index contributed by atoms with van der Waals surface area (Å²) in [4.78, 5) is 25.2. The van der Waals surface area contributed by atoms with Gasteiger partial charge in [0.05, 0.1) is 12.0 Å². The summed E-state index contributed by atoms with van der Waals surface area (Å²) in [6.45, 7) is 5.64. The smallest absolute Gasteiger partial charge is 0.412 e.